The number of carboxylic acids is 1. The minimum Gasteiger partial charge on any atom is -0.478 e. The normalized spacial score (nSPS) is 11.3. The molecule has 0 unspecified atom stereocenters. The lowest BCUT2D eigenvalue weighted by Gasteiger charge is -2.08. The number of aliphatic hydroxyl groups excluding tert-OH is 2. The summed E-state index contributed by atoms with van der Waals surface area (Å²) in [7, 11) is 0. The Balaban J connectivity index is 2.65. The minimum absolute atomic E-state index is 0.0999. The Kier molecular flexibility index (Phi) is 5.21. The smallest absolute Gasteiger partial charge is 0.336 e. The van der Waals surface area contributed by atoms with Gasteiger partial charge in [0, 0.05) is 36.4 Å². The standard InChI is InChI=1S/C17H23NO4/c1-11-9-15-13(5-3-7-19)12(2)18(6-4-8-20)16(15)10-14(11)17(21)22/h9-10,19-20H,3-8H2,1-2H3,(H,21,22). The fourth-order valence-electron chi connectivity index (χ4n) is 3.02. The molecule has 2 aromatic rings. The molecule has 5 heteroatoms. The Bertz CT molecular complexity index is 688. The van der Waals surface area contributed by atoms with Gasteiger partial charge in [0.2, 0.25) is 0 Å². The average Bonchev–Trinajstić information content (AvgIpc) is 2.73. The van der Waals surface area contributed by atoms with Crippen LogP contribution in [0.2, 0.25) is 0 Å². The maximum absolute atomic E-state index is 11.4. The van der Waals surface area contributed by atoms with Gasteiger partial charge in [0.05, 0.1) is 5.56 Å². The van der Waals surface area contributed by atoms with Crippen molar-refractivity contribution in [1.29, 1.82) is 0 Å². The number of nitrogens with zero attached hydrogens (tertiary/aromatic N) is 1. The number of aryl methyl sites for hydroxylation is 3. The number of aromatic nitrogens is 1. The summed E-state index contributed by atoms with van der Waals surface area (Å²) in [6, 6.07) is 3.65. The Hall–Kier alpha value is -1.85. The second-order valence-electron chi connectivity index (χ2n) is 5.61. The number of carboxylic acid groups (broad SMARTS) is 1. The number of aliphatic hydroxyl groups is 2. The van der Waals surface area contributed by atoms with Crippen molar-refractivity contribution in [3.63, 3.8) is 0 Å². The molecule has 3 N–H and O–H groups in total. The highest BCUT2D eigenvalue weighted by Crippen LogP contribution is 2.30. The van der Waals surface area contributed by atoms with Crippen molar-refractivity contribution in [3.05, 3.63) is 34.5 Å². The van der Waals surface area contributed by atoms with Crippen molar-refractivity contribution in [1.82, 2.24) is 4.57 Å². The van der Waals surface area contributed by atoms with Crippen LogP contribution >= 0.6 is 0 Å². The van der Waals surface area contributed by atoms with Gasteiger partial charge in [0.25, 0.3) is 0 Å². The molecule has 0 aliphatic rings. The number of rotatable bonds is 7. The van der Waals surface area contributed by atoms with Crippen molar-refractivity contribution in [2.75, 3.05) is 13.2 Å². The molecule has 0 amide bonds. The molecule has 0 aliphatic heterocycles. The summed E-state index contributed by atoms with van der Waals surface area (Å²) in [6.45, 7) is 4.71. The van der Waals surface area contributed by atoms with E-state index in [9.17, 15) is 9.90 Å². The second kappa shape index (κ2) is 6.94. The Morgan fingerprint density at radius 1 is 1.14 bits per heavy atom. The van der Waals surface area contributed by atoms with Crippen LogP contribution in [-0.2, 0) is 13.0 Å². The van der Waals surface area contributed by atoms with Gasteiger partial charge in [-0.05, 0) is 56.4 Å². The Morgan fingerprint density at radius 3 is 2.41 bits per heavy atom. The molecular formula is C17H23NO4. The van der Waals surface area contributed by atoms with Crippen LogP contribution in [0.5, 0.6) is 0 Å². The number of fused-ring (bicyclic) bond motifs is 1. The highest BCUT2D eigenvalue weighted by molar-refractivity contribution is 5.96. The molecule has 5 nitrogen and oxygen atoms in total. The monoisotopic (exact) mass is 305 g/mol. The molecule has 2 rings (SSSR count). The van der Waals surface area contributed by atoms with Gasteiger partial charge in [0.15, 0.2) is 0 Å². The van der Waals surface area contributed by atoms with E-state index in [1.54, 1.807) is 13.0 Å². The van der Waals surface area contributed by atoms with E-state index in [1.165, 1.54) is 0 Å². The topological polar surface area (TPSA) is 82.7 Å². The average molecular weight is 305 g/mol. The summed E-state index contributed by atoms with van der Waals surface area (Å²) in [6.07, 6.45) is 2.07. The fraction of sp³-hybridized carbons (Fsp3) is 0.471. The lowest BCUT2D eigenvalue weighted by atomic mass is 10.0. The summed E-state index contributed by atoms with van der Waals surface area (Å²) in [5.41, 5.74) is 4.18. The summed E-state index contributed by atoms with van der Waals surface area (Å²) in [4.78, 5) is 11.4. The predicted molar refractivity (Wildman–Crippen MR) is 85.5 cm³/mol. The second-order valence-corrected chi connectivity index (χ2v) is 5.61. The van der Waals surface area contributed by atoms with Crippen molar-refractivity contribution < 1.29 is 20.1 Å². The van der Waals surface area contributed by atoms with Gasteiger partial charge in [-0.1, -0.05) is 0 Å². The van der Waals surface area contributed by atoms with Gasteiger partial charge in [-0.25, -0.2) is 4.79 Å². The maximum Gasteiger partial charge on any atom is 0.336 e. The predicted octanol–water partition coefficient (Wildman–Crippen LogP) is 2.26. The van der Waals surface area contributed by atoms with Gasteiger partial charge in [-0.15, -0.1) is 0 Å². The summed E-state index contributed by atoms with van der Waals surface area (Å²) in [5, 5.41) is 28.6. The first-order chi connectivity index (χ1) is 10.5. The molecular weight excluding hydrogens is 282 g/mol. The van der Waals surface area contributed by atoms with Crippen molar-refractivity contribution in [3.8, 4) is 0 Å². The van der Waals surface area contributed by atoms with E-state index >= 15 is 0 Å². The van der Waals surface area contributed by atoms with E-state index in [2.05, 4.69) is 4.57 Å². The summed E-state index contributed by atoms with van der Waals surface area (Å²) >= 11 is 0. The van der Waals surface area contributed by atoms with E-state index in [1.807, 2.05) is 13.0 Å². The molecule has 0 spiro atoms. The quantitative estimate of drug-likeness (QED) is 0.733. The Labute approximate surface area is 129 Å². The van der Waals surface area contributed by atoms with Gasteiger partial charge < -0.3 is 19.9 Å². The molecule has 0 bridgehead atoms. The largest absolute Gasteiger partial charge is 0.478 e. The number of aromatic carboxylic acids is 1. The van der Waals surface area contributed by atoms with Gasteiger partial charge in [0.1, 0.15) is 0 Å². The maximum atomic E-state index is 11.4. The molecule has 0 radical (unpaired) electrons. The van der Waals surface area contributed by atoms with Crippen LogP contribution in [0.1, 0.15) is 40.0 Å². The van der Waals surface area contributed by atoms with Crippen LogP contribution in [0, 0.1) is 13.8 Å². The van der Waals surface area contributed by atoms with Crippen molar-refractivity contribution >= 4 is 16.9 Å². The van der Waals surface area contributed by atoms with Gasteiger partial charge in [-0.3, -0.25) is 0 Å². The number of carbonyl (C=O) groups is 1. The first kappa shape index (κ1) is 16.5. The van der Waals surface area contributed by atoms with E-state index in [0.717, 1.165) is 34.1 Å². The zero-order chi connectivity index (χ0) is 16.3. The zero-order valence-electron chi connectivity index (χ0n) is 13.1. The van der Waals surface area contributed by atoms with E-state index in [0.29, 0.717) is 24.9 Å². The molecule has 0 fully saturated rings. The van der Waals surface area contributed by atoms with Crippen LogP contribution in [0.4, 0.5) is 0 Å². The van der Waals surface area contributed by atoms with Crippen LogP contribution in [0.25, 0.3) is 10.9 Å². The molecule has 1 heterocycles. The molecule has 1 aromatic carbocycles. The van der Waals surface area contributed by atoms with Crippen LogP contribution in [-0.4, -0.2) is 39.1 Å². The summed E-state index contributed by atoms with van der Waals surface area (Å²) in [5.74, 6) is -0.927. The third kappa shape index (κ3) is 3.00. The molecule has 1 aromatic heterocycles. The van der Waals surface area contributed by atoms with Gasteiger partial charge >= 0.3 is 5.97 Å². The molecule has 0 saturated carbocycles. The first-order valence-electron chi connectivity index (χ1n) is 7.58. The van der Waals surface area contributed by atoms with Crippen LogP contribution in [0.3, 0.4) is 0 Å². The Morgan fingerprint density at radius 2 is 1.82 bits per heavy atom. The molecule has 0 aliphatic carbocycles. The minimum atomic E-state index is -0.927. The lowest BCUT2D eigenvalue weighted by molar-refractivity contribution is 0.0696. The number of benzene rings is 1. The van der Waals surface area contributed by atoms with E-state index in [4.69, 9.17) is 10.2 Å². The van der Waals surface area contributed by atoms with Crippen LogP contribution in [0.15, 0.2) is 12.1 Å². The molecule has 0 atom stereocenters. The SMILES string of the molecule is Cc1cc2c(CCCO)c(C)n(CCCO)c2cc1C(=O)O. The highest BCUT2D eigenvalue weighted by atomic mass is 16.4. The molecule has 120 valence electrons. The third-order valence-electron chi connectivity index (χ3n) is 4.16. The summed E-state index contributed by atoms with van der Waals surface area (Å²) < 4.78 is 2.07. The van der Waals surface area contributed by atoms with E-state index < -0.39 is 5.97 Å². The van der Waals surface area contributed by atoms with Gasteiger partial charge in [-0.2, -0.15) is 0 Å². The van der Waals surface area contributed by atoms with Crippen molar-refractivity contribution in [2.24, 2.45) is 0 Å². The molecule has 22 heavy (non-hydrogen) atoms. The molecule has 0 saturated heterocycles. The third-order valence-corrected chi connectivity index (χ3v) is 4.16. The van der Waals surface area contributed by atoms with Crippen molar-refractivity contribution in [2.45, 2.75) is 39.7 Å². The number of hydrogen-bond donors (Lipinski definition) is 3. The van der Waals surface area contributed by atoms with Crippen LogP contribution < -0.4 is 0 Å². The first-order valence-corrected chi connectivity index (χ1v) is 7.58. The zero-order valence-corrected chi connectivity index (χ0v) is 13.1. The number of hydrogen-bond acceptors (Lipinski definition) is 3. The lowest BCUT2D eigenvalue weighted by Crippen LogP contribution is -2.04. The fourth-order valence-corrected chi connectivity index (χ4v) is 3.02. The highest BCUT2D eigenvalue weighted by Gasteiger charge is 2.17. The van der Waals surface area contributed by atoms with E-state index in [-0.39, 0.29) is 13.2 Å².